The summed E-state index contributed by atoms with van der Waals surface area (Å²) >= 11 is 0. The molecule has 84 valence electrons. The van der Waals surface area contributed by atoms with E-state index in [0.29, 0.717) is 25.4 Å². The average Bonchev–Trinajstić information content (AvgIpc) is 2.64. The second-order valence-corrected chi connectivity index (χ2v) is 5.02. The van der Waals surface area contributed by atoms with Crippen molar-refractivity contribution >= 4 is 11.7 Å². The van der Waals surface area contributed by atoms with Gasteiger partial charge in [-0.25, -0.2) is 0 Å². The molecule has 1 amide bonds. The van der Waals surface area contributed by atoms with Crippen LogP contribution >= 0.6 is 0 Å². The molecule has 0 aromatic heterocycles. The number of hydrogen-bond donors (Lipinski definition) is 0. The van der Waals surface area contributed by atoms with Gasteiger partial charge in [0, 0.05) is 18.9 Å². The SMILES string of the molecule is CC1CCCC(C(=O)N2CCC(=O)C2)C1. The first-order valence-corrected chi connectivity index (χ1v) is 5.97. The summed E-state index contributed by atoms with van der Waals surface area (Å²) in [7, 11) is 0. The molecule has 0 aromatic carbocycles. The Morgan fingerprint density at radius 2 is 2.20 bits per heavy atom. The lowest BCUT2D eigenvalue weighted by atomic mass is 9.82. The van der Waals surface area contributed by atoms with Gasteiger partial charge in [0.05, 0.1) is 6.54 Å². The standard InChI is InChI=1S/C12H19NO2/c1-9-3-2-4-10(7-9)12(15)13-6-5-11(14)8-13/h9-10H,2-8H2,1H3. The van der Waals surface area contributed by atoms with Crippen LogP contribution in [0.2, 0.25) is 0 Å². The van der Waals surface area contributed by atoms with E-state index in [4.69, 9.17) is 0 Å². The maximum Gasteiger partial charge on any atom is 0.226 e. The summed E-state index contributed by atoms with van der Waals surface area (Å²) < 4.78 is 0. The second kappa shape index (κ2) is 4.33. The predicted octanol–water partition coefficient (Wildman–Crippen LogP) is 1.61. The highest BCUT2D eigenvalue weighted by Crippen LogP contribution is 2.30. The van der Waals surface area contributed by atoms with Crippen molar-refractivity contribution in [1.82, 2.24) is 4.90 Å². The normalized spacial score (nSPS) is 32.1. The first-order chi connectivity index (χ1) is 7.16. The molecule has 1 saturated heterocycles. The highest BCUT2D eigenvalue weighted by atomic mass is 16.2. The number of carbonyl (C=O) groups is 2. The van der Waals surface area contributed by atoms with Crippen molar-refractivity contribution in [3.05, 3.63) is 0 Å². The number of ketones is 1. The van der Waals surface area contributed by atoms with E-state index in [2.05, 4.69) is 6.92 Å². The summed E-state index contributed by atoms with van der Waals surface area (Å²) in [4.78, 5) is 24.9. The van der Waals surface area contributed by atoms with E-state index in [9.17, 15) is 9.59 Å². The highest BCUT2D eigenvalue weighted by Gasteiger charge is 2.31. The number of carbonyl (C=O) groups excluding carboxylic acids is 2. The zero-order chi connectivity index (χ0) is 10.8. The molecule has 3 heteroatoms. The molecule has 3 nitrogen and oxygen atoms in total. The summed E-state index contributed by atoms with van der Waals surface area (Å²) in [6.07, 6.45) is 5.02. The molecule has 15 heavy (non-hydrogen) atoms. The molecule has 0 radical (unpaired) electrons. The first kappa shape index (κ1) is 10.7. The number of likely N-dealkylation sites (tertiary alicyclic amines) is 1. The Morgan fingerprint density at radius 1 is 1.40 bits per heavy atom. The molecular formula is C12H19NO2. The van der Waals surface area contributed by atoms with Crippen molar-refractivity contribution in [2.24, 2.45) is 11.8 Å². The third-order valence-electron chi connectivity index (χ3n) is 3.63. The van der Waals surface area contributed by atoms with Gasteiger partial charge >= 0.3 is 0 Å². The van der Waals surface area contributed by atoms with E-state index in [1.165, 1.54) is 12.8 Å². The van der Waals surface area contributed by atoms with Crippen molar-refractivity contribution in [1.29, 1.82) is 0 Å². The van der Waals surface area contributed by atoms with Crippen LogP contribution in [0.25, 0.3) is 0 Å². The van der Waals surface area contributed by atoms with Gasteiger partial charge in [0.15, 0.2) is 5.78 Å². The molecule has 0 bridgehead atoms. The average molecular weight is 209 g/mol. The number of hydrogen-bond acceptors (Lipinski definition) is 2. The van der Waals surface area contributed by atoms with Gasteiger partial charge in [-0.05, 0) is 18.8 Å². The smallest absolute Gasteiger partial charge is 0.226 e. The van der Waals surface area contributed by atoms with Gasteiger partial charge in [0.1, 0.15) is 0 Å². The van der Waals surface area contributed by atoms with Crippen molar-refractivity contribution < 1.29 is 9.59 Å². The van der Waals surface area contributed by atoms with Crippen LogP contribution in [0.1, 0.15) is 39.0 Å². The maximum atomic E-state index is 12.1. The van der Waals surface area contributed by atoms with Gasteiger partial charge in [0.2, 0.25) is 5.91 Å². The van der Waals surface area contributed by atoms with Crippen molar-refractivity contribution in [3.8, 4) is 0 Å². The quantitative estimate of drug-likeness (QED) is 0.658. The van der Waals surface area contributed by atoms with Crippen LogP contribution in [0.15, 0.2) is 0 Å². The van der Waals surface area contributed by atoms with Crippen LogP contribution in [0.3, 0.4) is 0 Å². The lowest BCUT2D eigenvalue weighted by molar-refractivity contribution is -0.137. The van der Waals surface area contributed by atoms with Crippen molar-refractivity contribution in [3.63, 3.8) is 0 Å². The van der Waals surface area contributed by atoms with Crippen LogP contribution in [0.4, 0.5) is 0 Å². The lowest BCUT2D eigenvalue weighted by Crippen LogP contribution is -2.36. The molecule has 1 aliphatic heterocycles. The van der Waals surface area contributed by atoms with Crippen molar-refractivity contribution in [2.75, 3.05) is 13.1 Å². The fourth-order valence-corrected chi connectivity index (χ4v) is 2.74. The Balaban J connectivity index is 1.92. The lowest BCUT2D eigenvalue weighted by Gasteiger charge is -2.28. The number of Topliss-reactive ketones (excluding diaryl/α,β-unsaturated/α-hetero) is 1. The molecule has 0 spiro atoms. The zero-order valence-corrected chi connectivity index (χ0v) is 9.37. The molecule has 2 aliphatic rings. The molecule has 2 atom stereocenters. The van der Waals surface area contributed by atoms with E-state index >= 15 is 0 Å². The van der Waals surface area contributed by atoms with E-state index < -0.39 is 0 Å². The zero-order valence-electron chi connectivity index (χ0n) is 9.37. The first-order valence-electron chi connectivity index (χ1n) is 5.97. The summed E-state index contributed by atoms with van der Waals surface area (Å²) in [5.74, 6) is 1.31. The van der Waals surface area contributed by atoms with Gasteiger partial charge in [-0.2, -0.15) is 0 Å². The highest BCUT2D eigenvalue weighted by molar-refractivity contribution is 5.90. The van der Waals surface area contributed by atoms with Crippen LogP contribution in [0, 0.1) is 11.8 Å². The summed E-state index contributed by atoms with van der Waals surface area (Å²) in [5, 5.41) is 0. The Kier molecular flexibility index (Phi) is 3.08. The minimum absolute atomic E-state index is 0.194. The predicted molar refractivity (Wildman–Crippen MR) is 57.3 cm³/mol. The van der Waals surface area contributed by atoms with E-state index in [1.807, 2.05) is 0 Å². The molecule has 2 fully saturated rings. The molecule has 1 saturated carbocycles. The molecule has 1 heterocycles. The van der Waals surface area contributed by atoms with Gasteiger partial charge in [0.25, 0.3) is 0 Å². The molecule has 0 aromatic rings. The minimum Gasteiger partial charge on any atom is -0.335 e. The third kappa shape index (κ3) is 2.39. The van der Waals surface area contributed by atoms with Crippen molar-refractivity contribution in [2.45, 2.75) is 39.0 Å². The molecule has 2 unspecified atom stereocenters. The Hall–Kier alpha value is -0.860. The maximum absolute atomic E-state index is 12.1. The third-order valence-corrected chi connectivity index (χ3v) is 3.63. The van der Waals surface area contributed by atoms with Gasteiger partial charge in [-0.3, -0.25) is 9.59 Å². The monoisotopic (exact) mass is 209 g/mol. The summed E-state index contributed by atoms with van der Waals surface area (Å²) in [6, 6.07) is 0. The Morgan fingerprint density at radius 3 is 2.80 bits per heavy atom. The van der Waals surface area contributed by atoms with Crippen LogP contribution in [-0.2, 0) is 9.59 Å². The van der Waals surface area contributed by atoms with E-state index in [1.54, 1.807) is 4.90 Å². The minimum atomic E-state index is 0.194. The molecule has 2 rings (SSSR count). The summed E-state index contributed by atoms with van der Waals surface area (Å²) in [6.45, 7) is 3.24. The number of rotatable bonds is 1. The van der Waals surface area contributed by atoms with Gasteiger partial charge < -0.3 is 4.90 Å². The fourth-order valence-electron chi connectivity index (χ4n) is 2.74. The van der Waals surface area contributed by atoms with E-state index in [-0.39, 0.29) is 17.6 Å². The number of amides is 1. The second-order valence-electron chi connectivity index (χ2n) is 5.02. The molecule has 0 N–H and O–H groups in total. The Bertz CT molecular complexity index is 275. The molecular weight excluding hydrogens is 190 g/mol. The summed E-state index contributed by atoms with van der Waals surface area (Å²) in [5.41, 5.74) is 0. The Labute approximate surface area is 90.8 Å². The fraction of sp³-hybridized carbons (Fsp3) is 0.833. The van der Waals surface area contributed by atoms with Crippen LogP contribution in [0.5, 0.6) is 0 Å². The van der Waals surface area contributed by atoms with Gasteiger partial charge in [-0.1, -0.05) is 19.8 Å². The van der Waals surface area contributed by atoms with Crippen LogP contribution < -0.4 is 0 Å². The largest absolute Gasteiger partial charge is 0.335 e. The van der Waals surface area contributed by atoms with E-state index in [0.717, 1.165) is 12.8 Å². The number of nitrogens with zero attached hydrogens (tertiary/aromatic N) is 1. The van der Waals surface area contributed by atoms with Crippen LogP contribution in [-0.4, -0.2) is 29.7 Å². The van der Waals surface area contributed by atoms with Gasteiger partial charge in [-0.15, -0.1) is 0 Å². The molecule has 1 aliphatic carbocycles. The topological polar surface area (TPSA) is 37.4 Å².